The van der Waals surface area contributed by atoms with E-state index in [0.717, 1.165) is 18.7 Å². The smallest absolute Gasteiger partial charge is 0.126 e. The third kappa shape index (κ3) is 3.82. The summed E-state index contributed by atoms with van der Waals surface area (Å²) >= 11 is 0. The van der Waals surface area contributed by atoms with E-state index < -0.39 is 6.10 Å². The zero-order chi connectivity index (χ0) is 15.4. The van der Waals surface area contributed by atoms with Crippen molar-refractivity contribution >= 4 is 5.69 Å². The normalized spacial score (nSPS) is 12.2. The predicted molar refractivity (Wildman–Crippen MR) is 85.2 cm³/mol. The highest BCUT2D eigenvalue weighted by atomic mass is 19.1. The van der Waals surface area contributed by atoms with E-state index in [2.05, 4.69) is 17.0 Å². The Balaban J connectivity index is 2.18. The van der Waals surface area contributed by atoms with Gasteiger partial charge in [0.1, 0.15) is 5.82 Å². The van der Waals surface area contributed by atoms with Gasteiger partial charge in [-0.05, 0) is 43.5 Å². The Bertz CT molecular complexity index is 596. The van der Waals surface area contributed by atoms with Gasteiger partial charge in [-0.2, -0.15) is 0 Å². The van der Waals surface area contributed by atoms with E-state index in [-0.39, 0.29) is 5.82 Å². The molecule has 2 nitrogen and oxygen atoms in total. The lowest BCUT2D eigenvalue weighted by Gasteiger charge is -2.24. The van der Waals surface area contributed by atoms with Gasteiger partial charge in [0.15, 0.2) is 0 Å². The molecule has 21 heavy (non-hydrogen) atoms. The zero-order valence-corrected chi connectivity index (χ0v) is 12.8. The molecular weight excluding hydrogens is 265 g/mol. The molecule has 0 aromatic heterocycles. The first-order valence-electron chi connectivity index (χ1n) is 7.22. The fourth-order valence-corrected chi connectivity index (χ4v) is 2.41. The van der Waals surface area contributed by atoms with Crippen LogP contribution in [0.2, 0.25) is 0 Å². The molecule has 0 saturated heterocycles. The van der Waals surface area contributed by atoms with E-state index in [0.29, 0.717) is 11.1 Å². The molecule has 0 bridgehead atoms. The number of likely N-dealkylation sites (N-methyl/N-ethyl adjacent to an activating group) is 1. The molecule has 2 aromatic rings. The van der Waals surface area contributed by atoms with E-state index in [4.69, 9.17) is 0 Å². The van der Waals surface area contributed by atoms with Crippen LogP contribution in [0.3, 0.4) is 0 Å². The summed E-state index contributed by atoms with van der Waals surface area (Å²) in [5.41, 5.74) is 3.39. The van der Waals surface area contributed by atoms with Crippen LogP contribution >= 0.6 is 0 Å². The van der Waals surface area contributed by atoms with Gasteiger partial charge in [-0.3, -0.25) is 0 Å². The number of nitrogens with zero attached hydrogens (tertiary/aromatic N) is 1. The van der Waals surface area contributed by atoms with E-state index in [1.54, 1.807) is 13.8 Å². The number of aliphatic hydroxyl groups excluding tert-OH is 1. The lowest BCUT2D eigenvalue weighted by molar-refractivity contribution is 0.199. The average Bonchev–Trinajstić information content (AvgIpc) is 2.48. The molecule has 0 aliphatic carbocycles. The molecule has 2 rings (SSSR count). The average molecular weight is 287 g/mol. The lowest BCUT2D eigenvalue weighted by atomic mass is 10.0. The van der Waals surface area contributed by atoms with Gasteiger partial charge in [-0.25, -0.2) is 4.39 Å². The van der Waals surface area contributed by atoms with Crippen LogP contribution in [-0.2, 0) is 6.42 Å². The fraction of sp³-hybridized carbons (Fsp3) is 0.333. The molecule has 0 fully saturated rings. The highest BCUT2D eigenvalue weighted by molar-refractivity contribution is 5.56. The van der Waals surface area contributed by atoms with E-state index >= 15 is 0 Å². The molecule has 2 aromatic carbocycles. The van der Waals surface area contributed by atoms with Crippen molar-refractivity contribution in [3.05, 3.63) is 65.0 Å². The summed E-state index contributed by atoms with van der Waals surface area (Å²) in [5, 5.41) is 9.86. The van der Waals surface area contributed by atoms with E-state index in [9.17, 15) is 9.50 Å². The second-order valence-corrected chi connectivity index (χ2v) is 5.49. The van der Waals surface area contributed by atoms with Crippen LogP contribution in [0.4, 0.5) is 10.1 Å². The second kappa shape index (κ2) is 6.72. The van der Waals surface area contributed by atoms with Crippen molar-refractivity contribution in [1.29, 1.82) is 0 Å². The maximum Gasteiger partial charge on any atom is 0.126 e. The predicted octanol–water partition coefficient (Wildman–Crippen LogP) is 3.87. The Morgan fingerprint density at radius 2 is 1.86 bits per heavy atom. The maximum absolute atomic E-state index is 13.7. The molecule has 1 N–H and O–H groups in total. The molecule has 0 aliphatic rings. The first kappa shape index (κ1) is 15.5. The van der Waals surface area contributed by atoms with Crippen LogP contribution in [0.25, 0.3) is 0 Å². The Labute approximate surface area is 125 Å². The molecule has 112 valence electrons. The van der Waals surface area contributed by atoms with Crippen molar-refractivity contribution in [2.24, 2.45) is 0 Å². The highest BCUT2D eigenvalue weighted by Gasteiger charge is 2.14. The minimum Gasteiger partial charge on any atom is -0.389 e. The Kier molecular flexibility index (Phi) is 4.97. The highest BCUT2D eigenvalue weighted by Crippen LogP contribution is 2.28. The van der Waals surface area contributed by atoms with Crippen LogP contribution in [-0.4, -0.2) is 18.7 Å². The Hall–Kier alpha value is -1.87. The molecule has 0 amide bonds. The van der Waals surface area contributed by atoms with Gasteiger partial charge in [-0.1, -0.05) is 30.3 Å². The van der Waals surface area contributed by atoms with Gasteiger partial charge in [0.2, 0.25) is 0 Å². The van der Waals surface area contributed by atoms with Crippen LogP contribution in [0.15, 0.2) is 42.5 Å². The lowest BCUT2D eigenvalue weighted by Crippen LogP contribution is -2.22. The number of hydrogen-bond acceptors (Lipinski definition) is 2. The summed E-state index contributed by atoms with van der Waals surface area (Å²) in [6, 6.07) is 13.5. The maximum atomic E-state index is 13.7. The summed E-state index contributed by atoms with van der Waals surface area (Å²) in [4.78, 5) is 2.07. The summed E-state index contributed by atoms with van der Waals surface area (Å²) in [6.07, 6.45) is 0.224. The van der Waals surface area contributed by atoms with Gasteiger partial charge < -0.3 is 10.0 Å². The monoisotopic (exact) mass is 287 g/mol. The van der Waals surface area contributed by atoms with Crippen LogP contribution in [0, 0.1) is 12.7 Å². The number of aliphatic hydroxyl groups is 1. The summed E-state index contributed by atoms with van der Waals surface area (Å²) < 4.78 is 13.7. The quantitative estimate of drug-likeness (QED) is 0.902. The van der Waals surface area contributed by atoms with Gasteiger partial charge in [0, 0.05) is 24.8 Å². The van der Waals surface area contributed by atoms with Gasteiger partial charge in [0.05, 0.1) is 6.10 Å². The molecular formula is C18H22FNO. The molecule has 0 aliphatic heterocycles. The van der Waals surface area contributed by atoms with Crippen molar-refractivity contribution in [2.75, 3.05) is 18.5 Å². The molecule has 1 atom stereocenters. The number of halogens is 1. The number of benzene rings is 2. The van der Waals surface area contributed by atoms with Crippen molar-refractivity contribution in [3.8, 4) is 0 Å². The first-order valence-corrected chi connectivity index (χ1v) is 7.22. The Morgan fingerprint density at radius 3 is 2.48 bits per heavy atom. The van der Waals surface area contributed by atoms with Crippen molar-refractivity contribution in [1.82, 2.24) is 0 Å². The van der Waals surface area contributed by atoms with Gasteiger partial charge in [0.25, 0.3) is 0 Å². The second-order valence-electron chi connectivity index (χ2n) is 5.49. The summed E-state index contributed by atoms with van der Waals surface area (Å²) in [6.45, 7) is 4.23. The van der Waals surface area contributed by atoms with E-state index in [1.807, 2.05) is 31.3 Å². The molecule has 1 unspecified atom stereocenters. The Morgan fingerprint density at radius 1 is 1.19 bits per heavy atom. The number of aryl methyl sites for hydroxylation is 1. The van der Waals surface area contributed by atoms with Crippen LogP contribution < -0.4 is 4.90 Å². The zero-order valence-electron chi connectivity index (χ0n) is 12.8. The topological polar surface area (TPSA) is 23.5 Å². The molecule has 0 spiro atoms. The van der Waals surface area contributed by atoms with Crippen molar-refractivity contribution < 1.29 is 9.50 Å². The number of hydrogen-bond donors (Lipinski definition) is 1. The molecule has 0 heterocycles. The first-order chi connectivity index (χ1) is 9.99. The molecule has 0 radical (unpaired) electrons. The third-order valence-corrected chi connectivity index (χ3v) is 3.75. The molecule has 0 saturated carbocycles. The largest absolute Gasteiger partial charge is 0.389 e. The standard InChI is InChI=1S/C18H22FNO/c1-13-11-18(16(14(2)21)12-17(13)19)20(3)10-9-15-7-5-4-6-8-15/h4-8,11-12,14,21H,9-10H2,1-3H3. The number of rotatable bonds is 5. The fourth-order valence-electron chi connectivity index (χ4n) is 2.41. The minimum atomic E-state index is -0.686. The summed E-state index contributed by atoms with van der Waals surface area (Å²) in [7, 11) is 1.97. The van der Waals surface area contributed by atoms with Crippen molar-refractivity contribution in [3.63, 3.8) is 0 Å². The van der Waals surface area contributed by atoms with Gasteiger partial charge >= 0.3 is 0 Å². The van der Waals surface area contributed by atoms with Crippen molar-refractivity contribution in [2.45, 2.75) is 26.4 Å². The third-order valence-electron chi connectivity index (χ3n) is 3.75. The van der Waals surface area contributed by atoms with Crippen LogP contribution in [0.5, 0.6) is 0 Å². The van der Waals surface area contributed by atoms with Gasteiger partial charge in [-0.15, -0.1) is 0 Å². The summed E-state index contributed by atoms with van der Waals surface area (Å²) in [5.74, 6) is -0.272. The minimum absolute atomic E-state index is 0.272. The number of anilines is 1. The van der Waals surface area contributed by atoms with Crippen LogP contribution in [0.1, 0.15) is 29.7 Å². The molecule has 3 heteroatoms. The SMILES string of the molecule is Cc1cc(N(C)CCc2ccccc2)c(C(C)O)cc1F. The van der Waals surface area contributed by atoms with E-state index in [1.165, 1.54) is 11.6 Å².